The first-order valence-electron chi connectivity index (χ1n) is 6.17. The zero-order valence-electron chi connectivity index (χ0n) is 11.1. The Kier molecular flexibility index (Phi) is 4.39. The summed E-state index contributed by atoms with van der Waals surface area (Å²) in [5.74, 6) is 0.860. The van der Waals surface area contributed by atoms with Crippen LogP contribution in [0.25, 0.3) is 11.3 Å². The van der Waals surface area contributed by atoms with Gasteiger partial charge >= 0.3 is 0 Å². The van der Waals surface area contributed by atoms with Crippen LogP contribution >= 0.6 is 15.9 Å². The monoisotopic (exact) mass is 323 g/mol. The number of hydrogen-bond acceptors (Lipinski definition) is 3. The van der Waals surface area contributed by atoms with E-state index in [9.17, 15) is 5.11 Å². The van der Waals surface area contributed by atoms with Gasteiger partial charge < -0.3 is 15.4 Å². The maximum atomic E-state index is 9.61. The van der Waals surface area contributed by atoms with Crippen molar-refractivity contribution in [2.45, 2.75) is 26.0 Å². The summed E-state index contributed by atoms with van der Waals surface area (Å²) in [5.41, 5.74) is 1.37. The number of rotatable bonds is 5. The van der Waals surface area contributed by atoms with Gasteiger partial charge in [0.1, 0.15) is 5.82 Å². The maximum Gasteiger partial charge on any atom is 0.120 e. The van der Waals surface area contributed by atoms with Gasteiger partial charge in [0.05, 0.1) is 24.0 Å². The summed E-state index contributed by atoms with van der Waals surface area (Å²) in [7, 11) is 0. The topological polar surface area (TPSA) is 60.9 Å². The number of nitrogens with zero attached hydrogens (tertiary/aromatic N) is 1. The number of aromatic amines is 1. The molecule has 2 aromatic rings. The number of hydrogen-bond donors (Lipinski definition) is 3. The highest BCUT2D eigenvalue weighted by Crippen LogP contribution is 2.21. The van der Waals surface area contributed by atoms with Crippen LogP contribution in [0.5, 0.6) is 0 Å². The molecular formula is C14H18BrN3O. The van der Waals surface area contributed by atoms with E-state index in [2.05, 4.69) is 31.2 Å². The normalized spacial score (nSPS) is 11.8. The molecular weight excluding hydrogens is 306 g/mol. The Hall–Kier alpha value is -1.17. The molecule has 0 amide bonds. The average Bonchev–Trinajstić information content (AvgIpc) is 2.76. The van der Waals surface area contributed by atoms with Gasteiger partial charge in [-0.3, -0.25) is 0 Å². The van der Waals surface area contributed by atoms with Crippen LogP contribution in [0.3, 0.4) is 0 Å². The molecule has 1 aromatic carbocycles. The fourth-order valence-corrected chi connectivity index (χ4v) is 2.14. The van der Waals surface area contributed by atoms with E-state index in [0.29, 0.717) is 13.1 Å². The van der Waals surface area contributed by atoms with Gasteiger partial charge in [-0.05, 0) is 26.0 Å². The molecule has 0 atom stereocenters. The number of aromatic nitrogens is 2. The van der Waals surface area contributed by atoms with E-state index in [1.807, 2.05) is 30.5 Å². The number of benzene rings is 1. The predicted octanol–water partition coefficient (Wildman–Crippen LogP) is 2.70. The van der Waals surface area contributed by atoms with E-state index in [0.717, 1.165) is 21.6 Å². The van der Waals surface area contributed by atoms with Gasteiger partial charge in [0, 0.05) is 16.6 Å². The standard InChI is InChI=1S/C14H18BrN3O/c1-14(2,19)9-16-8-13-17-7-12(18-13)10-4-3-5-11(15)6-10/h3-7,16,19H,8-9H2,1-2H3,(H,17,18). The third-order valence-electron chi connectivity index (χ3n) is 2.61. The molecule has 0 saturated heterocycles. The molecule has 0 saturated carbocycles. The van der Waals surface area contributed by atoms with Gasteiger partial charge in [-0.2, -0.15) is 0 Å². The number of nitrogens with one attached hydrogen (secondary N) is 2. The molecule has 5 heteroatoms. The van der Waals surface area contributed by atoms with Crippen molar-refractivity contribution >= 4 is 15.9 Å². The van der Waals surface area contributed by atoms with Crippen molar-refractivity contribution in [1.82, 2.24) is 15.3 Å². The van der Waals surface area contributed by atoms with Crippen LogP contribution in [0.1, 0.15) is 19.7 Å². The summed E-state index contributed by atoms with van der Waals surface area (Å²) < 4.78 is 1.04. The Bertz CT molecular complexity index is 546. The average molecular weight is 324 g/mol. The fourth-order valence-electron chi connectivity index (χ4n) is 1.74. The Balaban J connectivity index is 1.99. The predicted molar refractivity (Wildman–Crippen MR) is 79.7 cm³/mol. The number of imidazole rings is 1. The van der Waals surface area contributed by atoms with Crippen LogP contribution in [0.4, 0.5) is 0 Å². The molecule has 2 rings (SSSR count). The van der Waals surface area contributed by atoms with E-state index >= 15 is 0 Å². The van der Waals surface area contributed by atoms with Crippen LogP contribution in [-0.4, -0.2) is 27.2 Å². The number of halogens is 1. The van der Waals surface area contributed by atoms with Crippen LogP contribution in [0, 0.1) is 0 Å². The molecule has 0 spiro atoms. The minimum atomic E-state index is -0.709. The number of aliphatic hydroxyl groups is 1. The van der Waals surface area contributed by atoms with Crippen molar-refractivity contribution in [2.75, 3.05) is 6.54 Å². The van der Waals surface area contributed by atoms with Gasteiger partial charge in [0.2, 0.25) is 0 Å². The minimum absolute atomic E-state index is 0.528. The second-order valence-electron chi connectivity index (χ2n) is 5.17. The third-order valence-corrected chi connectivity index (χ3v) is 3.11. The second kappa shape index (κ2) is 5.86. The first-order valence-corrected chi connectivity index (χ1v) is 6.96. The summed E-state index contributed by atoms with van der Waals surface area (Å²) in [6, 6.07) is 8.06. The lowest BCUT2D eigenvalue weighted by Crippen LogP contribution is -2.34. The SMILES string of the molecule is CC(C)(O)CNCc1ncc(-c2cccc(Br)c2)[nH]1. The molecule has 102 valence electrons. The van der Waals surface area contributed by atoms with Gasteiger partial charge in [0.15, 0.2) is 0 Å². The Morgan fingerprint density at radius 2 is 2.21 bits per heavy atom. The molecule has 0 radical (unpaired) electrons. The highest BCUT2D eigenvalue weighted by Gasteiger charge is 2.11. The lowest BCUT2D eigenvalue weighted by Gasteiger charge is -2.16. The Morgan fingerprint density at radius 1 is 1.42 bits per heavy atom. The van der Waals surface area contributed by atoms with Crippen molar-refractivity contribution < 1.29 is 5.11 Å². The summed E-state index contributed by atoms with van der Waals surface area (Å²) >= 11 is 3.46. The Morgan fingerprint density at radius 3 is 2.89 bits per heavy atom. The largest absolute Gasteiger partial charge is 0.389 e. The van der Waals surface area contributed by atoms with Crippen LogP contribution in [0.15, 0.2) is 34.9 Å². The minimum Gasteiger partial charge on any atom is -0.389 e. The van der Waals surface area contributed by atoms with Gasteiger partial charge in [-0.25, -0.2) is 4.98 Å². The third kappa shape index (κ3) is 4.45. The van der Waals surface area contributed by atoms with Gasteiger partial charge in [-0.1, -0.05) is 28.1 Å². The quantitative estimate of drug-likeness (QED) is 0.792. The van der Waals surface area contributed by atoms with Crippen molar-refractivity contribution in [2.24, 2.45) is 0 Å². The van der Waals surface area contributed by atoms with Crippen molar-refractivity contribution in [3.63, 3.8) is 0 Å². The lowest BCUT2D eigenvalue weighted by atomic mass is 10.1. The molecule has 0 aliphatic rings. The molecule has 19 heavy (non-hydrogen) atoms. The van der Waals surface area contributed by atoms with Crippen LogP contribution in [0.2, 0.25) is 0 Å². The summed E-state index contributed by atoms with van der Waals surface area (Å²) in [4.78, 5) is 7.59. The molecule has 4 nitrogen and oxygen atoms in total. The molecule has 1 heterocycles. The van der Waals surface area contributed by atoms with Crippen LogP contribution < -0.4 is 5.32 Å². The van der Waals surface area contributed by atoms with Crippen molar-refractivity contribution in [1.29, 1.82) is 0 Å². The van der Waals surface area contributed by atoms with Gasteiger partial charge in [-0.15, -0.1) is 0 Å². The first-order chi connectivity index (χ1) is 8.94. The molecule has 0 unspecified atom stereocenters. The van der Waals surface area contributed by atoms with E-state index in [-0.39, 0.29) is 0 Å². The van der Waals surface area contributed by atoms with E-state index in [4.69, 9.17) is 0 Å². The van der Waals surface area contributed by atoms with E-state index in [1.165, 1.54) is 0 Å². The van der Waals surface area contributed by atoms with Gasteiger partial charge in [0.25, 0.3) is 0 Å². The zero-order valence-corrected chi connectivity index (χ0v) is 12.7. The zero-order chi connectivity index (χ0) is 13.9. The summed E-state index contributed by atoms with van der Waals surface area (Å²) in [6.07, 6.45) is 1.82. The van der Waals surface area contributed by atoms with E-state index < -0.39 is 5.60 Å². The molecule has 0 fully saturated rings. The molecule has 0 aliphatic heterocycles. The summed E-state index contributed by atoms with van der Waals surface area (Å²) in [5, 5.41) is 12.8. The lowest BCUT2D eigenvalue weighted by molar-refractivity contribution is 0.0793. The van der Waals surface area contributed by atoms with Crippen LogP contribution in [-0.2, 0) is 6.54 Å². The molecule has 0 bridgehead atoms. The van der Waals surface area contributed by atoms with E-state index in [1.54, 1.807) is 13.8 Å². The number of H-pyrrole nitrogens is 1. The molecule has 0 aliphatic carbocycles. The highest BCUT2D eigenvalue weighted by atomic mass is 79.9. The maximum absolute atomic E-state index is 9.61. The molecule has 1 aromatic heterocycles. The van der Waals surface area contributed by atoms with Crippen molar-refractivity contribution in [3.05, 3.63) is 40.8 Å². The summed E-state index contributed by atoms with van der Waals surface area (Å²) in [6.45, 7) is 4.68. The first kappa shape index (κ1) is 14.2. The second-order valence-corrected chi connectivity index (χ2v) is 6.09. The highest BCUT2D eigenvalue weighted by molar-refractivity contribution is 9.10. The van der Waals surface area contributed by atoms with Crippen molar-refractivity contribution in [3.8, 4) is 11.3 Å². The fraction of sp³-hybridized carbons (Fsp3) is 0.357. The smallest absolute Gasteiger partial charge is 0.120 e. The Labute approximate surface area is 121 Å². The molecule has 3 N–H and O–H groups in total.